The first-order chi connectivity index (χ1) is 18.9. The Hall–Kier alpha value is -3.96. The van der Waals surface area contributed by atoms with Crippen LogP contribution in [0.2, 0.25) is 5.02 Å². The highest BCUT2D eigenvalue weighted by Gasteiger charge is 2.59. The summed E-state index contributed by atoms with van der Waals surface area (Å²) in [5.41, 5.74) is -3.01. The lowest BCUT2D eigenvalue weighted by Crippen LogP contribution is -2.52. The molecular formula is C28H23ClF4N4O3. The minimum absolute atomic E-state index is 0.0126. The minimum atomic E-state index is -5.19. The number of nitrogens with zero attached hydrogens (tertiary/aromatic N) is 4. The van der Waals surface area contributed by atoms with E-state index in [9.17, 15) is 32.3 Å². The normalized spacial score (nSPS) is 15.9. The number of aryl methyl sites for hydroxylation is 1. The van der Waals surface area contributed by atoms with Gasteiger partial charge in [-0.25, -0.2) is 9.37 Å². The van der Waals surface area contributed by atoms with Crippen LogP contribution in [0.15, 0.2) is 66.7 Å². The van der Waals surface area contributed by atoms with E-state index >= 15 is 0 Å². The smallest absolute Gasteiger partial charge is 0.370 e. The van der Waals surface area contributed by atoms with E-state index in [2.05, 4.69) is 4.98 Å². The van der Waals surface area contributed by atoms with Crippen molar-refractivity contribution in [2.75, 3.05) is 24.5 Å². The van der Waals surface area contributed by atoms with Gasteiger partial charge in [0.2, 0.25) is 11.5 Å². The second kappa shape index (κ2) is 10.2. The number of imidazole rings is 1. The highest BCUT2D eigenvalue weighted by molar-refractivity contribution is 6.30. The van der Waals surface area contributed by atoms with Crippen molar-refractivity contribution in [1.82, 2.24) is 14.5 Å². The molecule has 1 aliphatic heterocycles. The van der Waals surface area contributed by atoms with E-state index in [1.54, 1.807) is 36.1 Å². The maximum atomic E-state index is 14.4. The van der Waals surface area contributed by atoms with Crippen molar-refractivity contribution in [3.63, 3.8) is 0 Å². The average molecular weight is 575 g/mol. The molecule has 0 saturated carbocycles. The van der Waals surface area contributed by atoms with Crippen molar-refractivity contribution in [2.45, 2.75) is 25.2 Å². The number of aliphatic hydroxyl groups is 1. The van der Waals surface area contributed by atoms with Crippen molar-refractivity contribution in [3.05, 3.63) is 94.5 Å². The number of hydrogen-bond donors (Lipinski definition) is 1. The lowest BCUT2D eigenvalue weighted by molar-refractivity contribution is -0.252. The fourth-order valence-electron chi connectivity index (χ4n) is 4.89. The first-order valence-corrected chi connectivity index (χ1v) is 12.7. The van der Waals surface area contributed by atoms with Gasteiger partial charge in [0.15, 0.2) is 5.82 Å². The molecule has 1 unspecified atom stereocenters. The maximum absolute atomic E-state index is 14.4. The van der Waals surface area contributed by atoms with Gasteiger partial charge in [0.1, 0.15) is 12.4 Å². The summed E-state index contributed by atoms with van der Waals surface area (Å²) < 4.78 is 57.8. The second-order valence-electron chi connectivity index (χ2n) is 9.35. The molecule has 2 heterocycles. The number of benzene rings is 3. The van der Waals surface area contributed by atoms with E-state index in [1.807, 2.05) is 0 Å². The molecule has 0 aliphatic carbocycles. The summed E-state index contributed by atoms with van der Waals surface area (Å²) in [5, 5.41) is 11.6. The molecule has 5 rings (SSSR count). The third-order valence-electron chi connectivity index (χ3n) is 6.95. The molecule has 40 heavy (non-hydrogen) atoms. The summed E-state index contributed by atoms with van der Waals surface area (Å²) in [6.07, 6.45) is -5.19. The molecule has 0 spiro atoms. The van der Waals surface area contributed by atoms with E-state index in [4.69, 9.17) is 11.6 Å². The van der Waals surface area contributed by atoms with Crippen molar-refractivity contribution in [2.24, 2.45) is 0 Å². The first-order valence-electron chi connectivity index (χ1n) is 12.3. The van der Waals surface area contributed by atoms with Gasteiger partial charge in [0.25, 0.3) is 5.91 Å². The largest absolute Gasteiger partial charge is 0.428 e. The van der Waals surface area contributed by atoms with Crippen LogP contribution in [0.3, 0.4) is 0 Å². The Labute approximate surface area is 231 Å². The number of rotatable bonds is 5. The Morgan fingerprint density at radius 2 is 1.70 bits per heavy atom. The highest BCUT2D eigenvalue weighted by Crippen LogP contribution is 2.44. The summed E-state index contributed by atoms with van der Waals surface area (Å²) in [6.45, 7) is 1.87. The quantitative estimate of drug-likeness (QED) is 0.335. The average Bonchev–Trinajstić information content (AvgIpc) is 3.30. The second-order valence-corrected chi connectivity index (χ2v) is 9.78. The van der Waals surface area contributed by atoms with Crippen molar-refractivity contribution in [3.8, 4) is 0 Å². The van der Waals surface area contributed by atoms with Crippen LogP contribution in [-0.2, 0) is 16.9 Å². The van der Waals surface area contributed by atoms with Crippen LogP contribution >= 0.6 is 11.6 Å². The number of alkyl halides is 3. The van der Waals surface area contributed by atoms with Gasteiger partial charge in [0.05, 0.1) is 11.0 Å². The lowest BCUT2D eigenvalue weighted by Gasteiger charge is -2.34. The first kappa shape index (κ1) is 27.6. The van der Waals surface area contributed by atoms with Gasteiger partial charge >= 0.3 is 6.18 Å². The highest BCUT2D eigenvalue weighted by atomic mass is 35.5. The van der Waals surface area contributed by atoms with E-state index in [0.717, 1.165) is 24.3 Å². The van der Waals surface area contributed by atoms with Gasteiger partial charge in [-0.15, -0.1) is 0 Å². The SMILES string of the molecule is CCn1c(C(O)(c2ccc(F)cc2)C(F)(F)F)nc2ccc(C(=O)N3CCN(c4ccc(Cl)cc4)C(=O)C3)cc21. The number of carbonyl (C=O) groups excluding carboxylic acids is 2. The predicted octanol–water partition coefficient (Wildman–Crippen LogP) is 5.14. The number of halogens is 5. The molecule has 0 bridgehead atoms. The Balaban J connectivity index is 1.48. The van der Waals surface area contributed by atoms with Gasteiger partial charge in [-0.1, -0.05) is 23.7 Å². The zero-order valence-corrected chi connectivity index (χ0v) is 21.9. The standard InChI is InChI=1S/C28H23ClF4N4O3/c1-2-36-23-15-17(25(39)35-13-14-37(24(38)16-35)21-10-6-19(29)7-11-21)3-12-22(23)34-26(36)27(40,28(31,32)33)18-4-8-20(30)9-5-18/h3-12,15,40H,2,13-14,16H2,1H3. The zero-order chi connectivity index (χ0) is 28.8. The van der Waals surface area contributed by atoms with Crippen LogP contribution in [-0.4, -0.2) is 57.2 Å². The Morgan fingerprint density at radius 3 is 2.30 bits per heavy atom. The molecule has 1 aromatic heterocycles. The van der Waals surface area contributed by atoms with Crippen LogP contribution in [0.5, 0.6) is 0 Å². The zero-order valence-electron chi connectivity index (χ0n) is 21.1. The molecule has 1 saturated heterocycles. The molecule has 208 valence electrons. The molecule has 0 radical (unpaired) electrons. The Kier molecular flexibility index (Phi) is 7.05. The number of aromatic nitrogens is 2. The topological polar surface area (TPSA) is 78.7 Å². The van der Waals surface area contributed by atoms with Crippen LogP contribution in [0, 0.1) is 5.82 Å². The number of amides is 2. The molecule has 4 aromatic rings. The third kappa shape index (κ3) is 4.69. The van der Waals surface area contributed by atoms with Crippen molar-refractivity contribution in [1.29, 1.82) is 0 Å². The van der Waals surface area contributed by atoms with Gasteiger partial charge in [-0.3, -0.25) is 9.59 Å². The summed E-state index contributed by atoms with van der Waals surface area (Å²) in [6, 6.07) is 14.3. The predicted molar refractivity (Wildman–Crippen MR) is 141 cm³/mol. The van der Waals surface area contributed by atoms with Gasteiger partial charge in [0, 0.05) is 41.5 Å². The molecule has 2 amide bonds. The molecule has 1 N–H and O–H groups in total. The molecule has 3 aromatic carbocycles. The number of carbonyl (C=O) groups is 2. The van der Waals surface area contributed by atoms with Crippen molar-refractivity contribution < 1.29 is 32.3 Å². The van der Waals surface area contributed by atoms with Crippen molar-refractivity contribution >= 4 is 40.1 Å². The number of fused-ring (bicyclic) bond motifs is 1. The lowest BCUT2D eigenvalue weighted by atomic mass is 9.92. The van der Waals surface area contributed by atoms with Crippen LogP contribution < -0.4 is 4.90 Å². The van der Waals surface area contributed by atoms with E-state index < -0.39 is 34.9 Å². The Morgan fingerprint density at radius 1 is 1.02 bits per heavy atom. The van der Waals surface area contributed by atoms with Gasteiger partial charge in [-0.2, -0.15) is 13.2 Å². The third-order valence-corrected chi connectivity index (χ3v) is 7.21. The summed E-state index contributed by atoms with van der Waals surface area (Å²) in [4.78, 5) is 33.2. The fraction of sp³-hybridized carbons (Fsp3) is 0.250. The summed E-state index contributed by atoms with van der Waals surface area (Å²) in [7, 11) is 0. The molecule has 1 aliphatic rings. The molecular weight excluding hydrogens is 552 g/mol. The molecule has 7 nitrogen and oxygen atoms in total. The number of anilines is 1. The van der Waals surface area contributed by atoms with Crippen LogP contribution in [0.1, 0.15) is 28.7 Å². The fourth-order valence-corrected chi connectivity index (χ4v) is 5.01. The molecule has 1 atom stereocenters. The number of hydrogen-bond acceptors (Lipinski definition) is 4. The molecule has 1 fully saturated rings. The van der Waals surface area contributed by atoms with E-state index in [0.29, 0.717) is 10.7 Å². The van der Waals surface area contributed by atoms with E-state index in [-0.39, 0.29) is 48.7 Å². The van der Waals surface area contributed by atoms with Crippen LogP contribution in [0.25, 0.3) is 11.0 Å². The maximum Gasteiger partial charge on any atom is 0.428 e. The van der Waals surface area contributed by atoms with Gasteiger partial charge < -0.3 is 19.5 Å². The van der Waals surface area contributed by atoms with E-state index in [1.165, 1.54) is 27.7 Å². The number of piperazine rings is 1. The Bertz CT molecular complexity index is 1590. The monoisotopic (exact) mass is 574 g/mol. The summed E-state index contributed by atoms with van der Waals surface area (Å²) >= 11 is 5.92. The summed E-state index contributed by atoms with van der Waals surface area (Å²) in [5.74, 6) is -2.23. The van der Waals surface area contributed by atoms with Crippen LogP contribution in [0.4, 0.5) is 23.2 Å². The van der Waals surface area contributed by atoms with Gasteiger partial charge in [-0.05, 0) is 61.5 Å². The molecule has 12 heteroatoms. The minimum Gasteiger partial charge on any atom is -0.370 e.